The second-order valence-electron chi connectivity index (χ2n) is 5.08. The zero-order valence-corrected chi connectivity index (χ0v) is 13.6. The van der Waals surface area contributed by atoms with E-state index >= 15 is 0 Å². The van der Waals surface area contributed by atoms with Crippen LogP contribution in [0.1, 0.15) is 31.1 Å². The summed E-state index contributed by atoms with van der Waals surface area (Å²) in [5.74, 6) is 5.13. The van der Waals surface area contributed by atoms with Crippen LogP contribution in [0.3, 0.4) is 0 Å². The number of hydrogen-bond donors (Lipinski definition) is 0. The largest absolute Gasteiger partial charge is 0.455 e. The van der Waals surface area contributed by atoms with Crippen LogP contribution in [0, 0.1) is 11.8 Å². The molecule has 0 N–H and O–H groups in total. The monoisotopic (exact) mass is 308 g/mol. The molecule has 0 fully saturated rings. The lowest BCUT2D eigenvalue weighted by Gasteiger charge is -2.27. The van der Waals surface area contributed by atoms with Crippen molar-refractivity contribution < 1.29 is 14.3 Å². The molecule has 3 heteroatoms. The minimum absolute atomic E-state index is 0.388. The molecule has 0 spiro atoms. The Kier molecular flexibility index (Phi) is 5.56. The van der Waals surface area contributed by atoms with Gasteiger partial charge in [0.05, 0.1) is 0 Å². The first-order valence-corrected chi connectivity index (χ1v) is 7.44. The first kappa shape index (κ1) is 16.8. The molecular weight excluding hydrogens is 288 g/mol. The van der Waals surface area contributed by atoms with E-state index in [1.165, 1.54) is 7.11 Å². The molecule has 0 saturated carbocycles. The predicted molar refractivity (Wildman–Crippen MR) is 89.5 cm³/mol. The quantitative estimate of drug-likeness (QED) is 0.621. The highest BCUT2D eigenvalue weighted by molar-refractivity contribution is 5.85. The van der Waals surface area contributed by atoms with Crippen LogP contribution in [0.15, 0.2) is 60.7 Å². The molecule has 0 aromatic heterocycles. The molecule has 2 rings (SSSR count). The van der Waals surface area contributed by atoms with Gasteiger partial charge in [-0.15, -0.1) is 5.92 Å². The summed E-state index contributed by atoms with van der Waals surface area (Å²) in [4.78, 5) is 12.8. The molecule has 0 aliphatic heterocycles. The molecule has 0 aliphatic rings. The van der Waals surface area contributed by atoms with Gasteiger partial charge in [-0.2, -0.15) is 0 Å². The van der Waals surface area contributed by atoms with Crippen molar-refractivity contribution >= 4 is 5.97 Å². The summed E-state index contributed by atoms with van der Waals surface area (Å²) in [6, 6.07) is 18.7. The highest BCUT2D eigenvalue weighted by Gasteiger charge is 2.41. The Hall–Kier alpha value is -2.57. The van der Waals surface area contributed by atoms with Crippen LogP contribution in [0.5, 0.6) is 0 Å². The Labute approximate surface area is 137 Å². The van der Waals surface area contributed by atoms with Crippen LogP contribution in [0.25, 0.3) is 0 Å². The molecule has 0 aliphatic carbocycles. The highest BCUT2D eigenvalue weighted by Crippen LogP contribution is 2.29. The van der Waals surface area contributed by atoms with Crippen molar-refractivity contribution in [1.29, 1.82) is 0 Å². The first-order chi connectivity index (χ1) is 11.1. The average Bonchev–Trinajstić information content (AvgIpc) is 2.61. The van der Waals surface area contributed by atoms with Gasteiger partial charge in [0.25, 0.3) is 5.60 Å². The van der Waals surface area contributed by atoms with E-state index in [0.717, 1.165) is 5.56 Å². The number of esters is 1. The van der Waals surface area contributed by atoms with Gasteiger partial charge < -0.3 is 9.47 Å². The topological polar surface area (TPSA) is 35.5 Å². The minimum Gasteiger partial charge on any atom is -0.455 e. The second kappa shape index (κ2) is 7.62. The Balaban J connectivity index is 2.32. The van der Waals surface area contributed by atoms with Gasteiger partial charge in [-0.05, 0) is 19.4 Å². The third kappa shape index (κ3) is 3.61. The molecule has 0 radical (unpaired) electrons. The Bertz CT molecular complexity index is 698. The van der Waals surface area contributed by atoms with Gasteiger partial charge in [0.1, 0.15) is 6.10 Å². The van der Waals surface area contributed by atoms with E-state index < -0.39 is 11.6 Å². The fourth-order valence-corrected chi connectivity index (χ4v) is 2.38. The Morgan fingerprint density at radius 3 is 2.13 bits per heavy atom. The fraction of sp³-hybridized carbons (Fsp3) is 0.250. The third-order valence-corrected chi connectivity index (χ3v) is 3.63. The molecule has 2 aromatic rings. The maximum Gasteiger partial charge on any atom is 0.356 e. The molecule has 118 valence electrons. The maximum atomic E-state index is 12.8. The Morgan fingerprint density at radius 2 is 1.61 bits per heavy atom. The van der Waals surface area contributed by atoms with E-state index in [2.05, 4.69) is 11.8 Å². The molecule has 0 heterocycles. The number of carbonyl (C=O) groups excluding carboxylic acids is 1. The maximum absolute atomic E-state index is 12.8. The van der Waals surface area contributed by atoms with E-state index in [1.807, 2.05) is 67.6 Å². The molecule has 0 saturated heterocycles. The van der Waals surface area contributed by atoms with Crippen molar-refractivity contribution in [2.24, 2.45) is 0 Å². The summed E-state index contributed by atoms with van der Waals surface area (Å²) in [7, 11) is 1.46. The van der Waals surface area contributed by atoms with Gasteiger partial charge in [-0.3, -0.25) is 0 Å². The number of benzene rings is 2. The molecule has 2 aromatic carbocycles. The van der Waals surface area contributed by atoms with E-state index in [0.29, 0.717) is 5.56 Å². The minimum atomic E-state index is -1.42. The molecule has 0 unspecified atom stereocenters. The molecule has 0 bridgehead atoms. The number of rotatable bonds is 5. The first-order valence-electron chi connectivity index (χ1n) is 7.44. The van der Waals surface area contributed by atoms with Gasteiger partial charge in [0.15, 0.2) is 0 Å². The molecule has 2 atom stereocenters. The van der Waals surface area contributed by atoms with Crippen molar-refractivity contribution in [3.63, 3.8) is 0 Å². The SMILES string of the molecule is CC#C[C@@](OC)(C(=O)O[C@H](C)c1ccccc1)c1ccccc1. The number of methoxy groups -OCH3 is 1. The summed E-state index contributed by atoms with van der Waals surface area (Å²) in [6.07, 6.45) is -0.388. The lowest BCUT2D eigenvalue weighted by molar-refractivity contribution is -0.168. The molecule has 3 nitrogen and oxygen atoms in total. The summed E-state index contributed by atoms with van der Waals surface area (Å²) < 4.78 is 11.1. The zero-order valence-electron chi connectivity index (χ0n) is 13.6. The van der Waals surface area contributed by atoms with Crippen LogP contribution >= 0.6 is 0 Å². The van der Waals surface area contributed by atoms with Gasteiger partial charge in [0, 0.05) is 12.7 Å². The fourth-order valence-electron chi connectivity index (χ4n) is 2.38. The van der Waals surface area contributed by atoms with E-state index in [4.69, 9.17) is 9.47 Å². The van der Waals surface area contributed by atoms with Crippen molar-refractivity contribution in [3.8, 4) is 11.8 Å². The lowest BCUT2D eigenvalue weighted by atomic mass is 9.94. The van der Waals surface area contributed by atoms with Gasteiger partial charge >= 0.3 is 5.97 Å². The lowest BCUT2D eigenvalue weighted by Crippen LogP contribution is -2.38. The molecule has 0 amide bonds. The van der Waals surface area contributed by atoms with Crippen molar-refractivity contribution in [1.82, 2.24) is 0 Å². The third-order valence-electron chi connectivity index (χ3n) is 3.63. The van der Waals surface area contributed by atoms with Gasteiger partial charge in [0.2, 0.25) is 0 Å². The predicted octanol–water partition coefficient (Wildman–Crippen LogP) is 3.86. The highest BCUT2D eigenvalue weighted by atomic mass is 16.6. The average molecular weight is 308 g/mol. The summed E-state index contributed by atoms with van der Waals surface area (Å²) in [5, 5.41) is 0. The molecular formula is C20H20O3. The molecule has 23 heavy (non-hydrogen) atoms. The van der Waals surface area contributed by atoms with Gasteiger partial charge in [-0.1, -0.05) is 66.6 Å². The summed E-state index contributed by atoms with van der Waals surface area (Å²) in [5.41, 5.74) is 0.157. The van der Waals surface area contributed by atoms with E-state index in [-0.39, 0.29) is 6.10 Å². The van der Waals surface area contributed by atoms with E-state index in [1.54, 1.807) is 6.92 Å². The normalized spacial score (nSPS) is 14.0. The second-order valence-corrected chi connectivity index (χ2v) is 5.08. The Morgan fingerprint density at radius 1 is 1.04 bits per heavy atom. The van der Waals surface area contributed by atoms with Crippen LogP contribution in [-0.4, -0.2) is 13.1 Å². The zero-order chi connectivity index (χ0) is 16.7. The van der Waals surface area contributed by atoms with Crippen molar-refractivity contribution in [2.75, 3.05) is 7.11 Å². The smallest absolute Gasteiger partial charge is 0.356 e. The van der Waals surface area contributed by atoms with Gasteiger partial charge in [-0.25, -0.2) is 4.79 Å². The number of carbonyl (C=O) groups is 1. The summed E-state index contributed by atoms with van der Waals surface area (Å²) >= 11 is 0. The van der Waals surface area contributed by atoms with Crippen LogP contribution in [-0.2, 0) is 19.9 Å². The van der Waals surface area contributed by atoms with Crippen molar-refractivity contribution in [3.05, 3.63) is 71.8 Å². The van der Waals surface area contributed by atoms with Crippen LogP contribution in [0.2, 0.25) is 0 Å². The van der Waals surface area contributed by atoms with Crippen molar-refractivity contribution in [2.45, 2.75) is 25.6 Å². The van der Waals surface area contributed by atoms with Crippen LogP contribution < -0.4 is 0 Å². The van der Waals surface area contributed by atoms with E-state index in [9.17, 15) is 4.79 Å². The summed E-state index contributed by atoms with van der Waals surface area (Å²) in [6.45, 7) is 3.50. The number of ether oxygens (including phenoxy) is 2. The van der Waals surface area contributed by atoms with Crippen LogP contribution in [0.4, 0.5) is 0 Å². The standard InChI is InChI=1S/C20H20O3/c1-4-15-20(22-3,18-13-9-6-10-14-18)19(21)23-16(2)17-11-7-5-8-12-17/h5-14,16H,1-3H3/t16-,20+/m1/s1. The number of hydrogen-bond acceptors (Lipinski definition) is 3.